The molecule has 0 bridgehead atoms. The first-order valence-corrected chi connectivity index (χ1v) is 9.62. The lowest BCUT2D eigenvalue weighted by molar-refractivity contribution is 0.200. The first kappa shape index (κ1) is 17.4. The molecule has 2 aromatic rings. The zero-order chi connectivity index (χ0) is 18.1. The van der Waals surface area contributed by atoms with Crippen molar-refractivity contribution in [1.82, 2.24) is 29.5 Å². The standard InChI is InChI=1S/C19H29N7/c1-24(2)13-17-22-23-19(26(17)16-5-6-16)14-7-10-25(11-8-14)12-15-4-3-9-21-18(15)20/h3-4,9,14,16H,5-8,10-13H2,1-2H3,(H2,20,21). The molecule has 2 aliphatic rings. The van der Waals surface area contributed by atoms with E-state index in [-0.39, 0.29) is 0 Å². The highest BCUT2D eigenvalue weighted by molar-refractivity contribution is 5.38. The topological polar surface area (TPSA) is 76.1 Å². The third-order valence-corrected chi connectivity index (χ3v) is 5.44. The Morgan fingerprint density at radius 3 is 2.58 bits per heavy atom. The van der Waals surface area contributed by atoms with Crippen LogP contribution in [0.15, 0.2) is 18.3 Å². The van der Waals surface area contributed by atoms with Crippen LogP contribution >= 0.6 is 0 Å². The highest BCUT2D eigenvalue weighted by Gasteiger charge is 2.33. The van der Waals surface area contributed by atoms with Crippen LogP contribution in [0.25, 0.3) is 0 Å². The van der Waals surface area contributed by atoms with E-state index in [2.05, 4.69) is 49.7 Å². The summed E-state index contributed by atoms with van der Waals surface area (Å²) in [5, 5.41) is 9.14. The van der Waals surface area contributed by atoms with Gasteiger partial charge in [-0.2, -0.15) is 0 Å². The second-order valence-electron chi connectivity index (χ2n) is 7.91. The van der Waals surface area contributed by atoms with E-state index < -0.39 is 0 Å². The number of nitrogens with zero attached hydrogens (tertiary/aromatic N) is 6. The predicted octanol–water partition coefficient (Wildman–Crippen LogP) is 2.03. The quantitative estimate of drug-likeness (QED) is 0.854. The summed E-state index contributed by atoms with van der Waals surface area (Å²) in [4.78, 5) is 8.85. The molecule has 0 unspecified atom stereocenters. The van der Waals surface area contributed by atoms with E-state index in [0.29, 0.717) is 17.8 Å². The van der Waals surface area contributed by atoms with Crippen LogP contribution < -0.4 is 5.73 Å². The van der Waals surface area contributed by atoms with E-state index in [1.54, 1.807) is 6.20 Å². The summed E-state index contributed by atoms with van der Waals surface area (Å²) < 4.78 is 2.44. The molecule has 7 nitrogen and oxygen atoms in total. The summed E-state index contributed by atoms with van der Waals surface area (Å²) in [6, 6.07) is 4.66. The number of hydrogen-bond donors (Lipinski definition) is 1. The molecule has 0 radical (unpaired) electrons. The summed E-state index contributed by atoms with van der Waals surface area (Å²) in [6.45, 7) is 3.88. The van der Waals surface area contributed by atoms with Crippen LogP contribution in [0.3, 0.4) is 0 Å². The molecule has 1 aliphatic carbocycles. The largest absolute Gasteiger partial charge is 0.383 e. The van der Waals surface area contributed by atoms with E-state index >= 15 is 0 Å². The molecule has 3 heterocycles. The Hall–Kier alpha value is -1.99. The maximum atomic E-state index is 6.00. The van der Waals surface area contributed by atoms with Gasteiger partial charge in [-0.1, -0.05) is 6.07 Å². The molecule has 2 N–H and O–H groups in total. The number of rotatable bonds is 6. The minimum Gasteiger partial charge on any atom is -0.383 e. The van der Waals surface area contributed by atoms with E-state index in [0.717, 1.165) is 50.4 Å². The molecule has 0 spiro atoms. The number of pyridine rings is 1. The Kier molecular flexibility index (Phi) is 4.91. The van der Waals surface area contributed by atoms with Gasteiger partial charge < -0.3 is 15.2 Å². The average Bonchev–Trinajstić information content (AvgIpc) is 3.38. The van der Waals surface area contributed by atoms with Crippen molar-refractivity contribution in [3.05, 3.63) is 35.5 Å². The number of nitrogens with two attached hydrogens (primary N) is 1. The van der Waals surface area contributed by atoms with Crippen molar-refractivity contribution in [2.24, 2.45) is 0 Å². The maximum absolute atomic E-state index is 6.00. The van der Waals surface area contributed by atoms with Crippen LogP contribution in [-0.4, -0.2) is 56.7 Å². The third kappa shape index (κ3) is 3.73. The van der Waals surface area contributed by atoms with Gasteiger partial charge in [-0.25, -0.2) is 4.98 Å². The minimum atomic E-state index is 0.515. The molecule has 7 heteroatoms. The summed E-state index contributed by atoms with van der Waals surface area (Å²) in [5.41, 5.74) is 7.12. The van der Waals surface area contributed by atoms with Crippen molar-refractivity contribution in [3.8, 4) is 0 Å². The van der Waals surface area contributed by atoms with Crippen LogP contribution in [0.2, 0.25) is 0 Å². The van der Waals surface area contributed by atoms with Crippen LogP contribution in [0.4, 0.5) is 5.82 Å². The molecule has 0 aromatic carbocycles. The minimum absolute atomic E-state index is 0.515. The van der Waals surface area contributed by atoms with Crippen LogP contribution in [0.1, 0.15) is 54.9 Å². The average molecular weight is 355 g/mol. The second kappa shape index (κ2) is 7.32. The molecular formula is C19H29N7. The Morgan fingerprint density at radius 1 is 1.15 bits per heavy atom. The van der Waals surface area contributed by atoms with Crippen LogP contribution in [-0.2, 0) is 13.1 Å². The number of likely N-dealkylation sites (tertiary alicyclic amines) is 1. The van der Waals surface area contributed by atoms with Gasteiger partial charge in [0.1, 0.15) is 17.5 Å². The van der Waals surface area contributed by atoms with Gasteiger partial charge in [0.05, 0.1) is 6.54 Å². The van der Waals surface area contributed by atoms with E-state index in [9.17, 15) is 0 Å². The van der Waals surface area contributed by atoms with Crippen molar-refractivity contribution in [2.45, 2.75) is 50.7 Å². The number of anilines is 1. The predicted molar refractivity (Wildman–Crippen MR) is 102 cm³/mol. The summed E-state index contributed by atoms with van der Waals surface area (Å²) >= 11 is 0. The lowest BCUT2D eigenvalue weighted by Gasteiger charge is -2.32. The molecule has 2 fully saturated rings. The molecule has 4 rings (SSSR count). The van der Waals surface area contributed by atoms with Gasteiger partial charge in [-0.05, 0) is 58.9 Å². The van der Waals surface area contributed by atoms with Gasteiger partial charge in [0, 0.05) is 30.3 Å². The van der Waals surface area contributed by atoms with Crippen molar-refractivity contribution in [3.63, 3.8) is 0 Å². The fourth-order valence-electron chi connectivity index (χ4n) is 3.91. The molecular weight excluding hydrogens is 326 g/mol. The molecule has 0 atom stereocenters. The van der Waals surface area contributed by atoms with Gasteiger partial charge in [0.15, 0.2) is 0 Å². The fraction of sp³-hybridized carbons (Fsp3) is 0.632. The van der Waals surface area contributed by atoms with E-state index in [4.69, 9.17) is 5.73 Å². The molecule has 1 saturated carbocycles. The Morgan fingerprint density at radius 2 is 1.92 bits per heavy atom. The second-order valence-corrected chi connectivity index (χ2v) is 7.91. The Labute approximate surface area is 155 Å². The van der Waals surface area contributed by atoms with Crippen molar-refractivity contribution in [1.29, 1.82) is 0 Å². The van der Waals surface area contributed by atoms with Crippen molar-refractivity contribution in [2.75, 3.05) is 32.9 Å². The van der Waals surface area contributed by atoms with Crippen LogP contribution in [0.5, 0.6) is 0 Å². The van der Waals surface area contributed by atoms with Gasteiger partial charge >= 0.3 is 0 Å². The summed E-state index contributed by atoms with van der Waals surface area (Å²) in [6.07, 6.45) is 6.55. The molecule has 140 valence electrons. The molecule has 26 heavy (non-hydrogen) atoms. The SMILES string of the molecule is CN(C)Cc1nnc(C2CCN(Cc3cccnc3N)CC2)n1C1CC1. The molecule has 2 aromatic heterocycles. The normalized spacial score (nSPS) is 19.3. The van der Waals surface area contributed by atoms with Crippen molar-refractivity contribution >= 4 is 5.82 Å². The highest BCUT2D eigenvalue weighted by Crippen LogP contribution is 2.40. The maximum Gasteiger partial charge on any atom is 0.147 e. The van der Waals surface area contributed by atoms with E-state index in [1.807, 2.05) is 6.07 Å². The Balaban J connectivity index is 1.42. The number of nitrogen functional groups attached to an aromatic ring is 1. The molecule has 1 saturated heterocycles. The van der Waals surface area contributed by atoms with E-state index in [1.165, 1.54) is 18.7 Å². The van der Waals surface area contributed by atoms with Gasteiger partial charge in [0.25, 0.3) is 0 Å². The Bertz CT molecular complexity index is 742. The summed E-state index contributed by atoms with van der Waals surface area (Å²) in [5.74, 6) is 3.50. The number of hydrogen-bond acceptors (Lipinski definition) is 6. The van der Waals surface area contributed by atoms with Crippen LogP contribution in [0, 0.1) is 0 Å². The van der Waals surface area contributed by atoms with Gasteiger partial charge in [-0.3, -0.25) is 4.90 Å². The zero-order valence-electron chi connectivity index (χ0n) is 15.8. The monoisotopic (exact) mass is 355 g/mol. The smallest absolute Gasteiger partial charge is 0.147 e. The van der Waals surface area contributed by atoms with Gasteiger partial charge in [0.2, 0.25) is 0 Å². The van der Waals surface area contributed by atoms with Crippen molar-refractivity contribution < 1.29 is 0 Å². The lowest BCUT2D eigenvalue weighted by atomic mass is 9.95. The van der Waals surface area contributed by atoms with Gasteiger partial charge in [-0.15, -0.1) is 10.2 Å². The summed E-state index contributed by atoms with van der Waals surface area (Å²) in [7, 11) is 4.18. The molecule has 1 aliphatic heterocycles. The number of piperidine rings is 1. The number of aromatic nitrogens is 4. The first-order valence-electron chi connectivity index (χ1n) is 9.62. The highest BCUT2D eigenvalue weighted by atomic mass is 15.3. The molecule has 0 amide bonds. The zero-order valence-corrected chi connectivity index (χ0v) is 15.8. The fourth-order valence-corrected chi connectivity index (χ4v) is 3.91. The lowest BCUT2D eigenvalue weighted by Crippen LogP contribution is -2.33. The third-order valence-electron chi connectivity index (χ3n) is 5.44. The first-order chi connectivity index (χ1) is 12.6.